The van der Waals surface area contributed by atoms with Crippen LogP contribution < -0.4 is 5.32 Å². The molecule has 190 valence electrons. The highest BCUT2D eigenvalue weighted by atomic mass is 32.1. The number of fused-ring (bicyclic) bond motifs is 1. The van der Waals surface area contributed by atoms with Gasteiger partial charge in [-0.2, -0.15) is 0 Å². The van der Waals surface area contributed by atoms with Crippen LogP contribution in [-0.4, -0.2) is 32.7 Å². The van der Waals surface area contributed by atoms with E-state index < -0.39 is 0 Å². The minimum Gasteiger partial charge on any atom is -0.349 e. The van der Waals surface area contributed by atoms with Gasteiger partial charge in [0.05, 0.1) is 27.2 Å². The molecule has 0 saturated heterocycles. The number of rotatable bonds is 6. The van der Waals surface area contributed by atoms with Gasteiger partial charge in [-0.05, 0) is 86.2 Å². The van der Waals surface area contributed by atoms with Gasteiger partial charge < -0.3 is 10.3 Å². The maximum Gasteiger partial charge on any atom is 0.255 e. The molecule has 3 aromatic heterocycles. The van der Waals surface area contributed by atoms with Crippen molar-refractivity contribution in [2.24, 2.45) is 28.6 Å². The van der Waals surface area contributed by atoms with Crippen molar-refractivity contribution in [2.45, 2.75) is 78.7 Å². The summed E-state index contributed by atoms with van der Waals surface area (Å²) >= 11 is 1.50. The first kappa shape index (κ1) is 23.8. The number of nitrogens with zero attached hydrogens (tertiary/aromatic N) is 2. The molecule has 6 nitrogen and oxygen atoms in total. The third-order valence-electron chi connectivity index (χ3n) is 9.11. The van der Waals surface area contributed by atoms with Crippen molar-refractivity contribution in [1.82, 2.24) is 20.3 Å². The molecule has 2 N–H and O–H groups in total. The van der Waals surface area contributed by atoms with Crippen LogP contribution in [0, 0.1) is 28.6 Å². The van der Waals surface area contributed by atoms with Crippen molar-refractivity contribution in [1.29, 1.82) is 0 Å². The fourth-order valence-electron chi connectivity index (χ4n) is 7.23. The Kier molecular flexibility index (Phi) is 5.63. The molecule has 1 atom stereocenters. The Hall–Kier alpha value is -2.54. The van der Waals surface area contributed by atoms with E-state index in [4.69, 9.17) is 4.98 Å². The molecule has 0 aliphatic heterocycles. The number of aromatic amines is 1. The average molecular weight is 505 g/mol. The lowest BCUT2D eigenvalue weighted by Gasteiger charge is -2.56. The first-order chi connectivity index (χ1) is 17.1. The summed E-state index contributed by atoms with van der Waals surface area (Å²) in [4.78, 5) is 40.5. The SMILES string of the molecule is C[C@H](NC(=O)c1c[nH]c2ncc(-c3ccc(C(=O)CC45CC6CC(CC(C6)C4)C5)s3)nc12)C(C)(C)C. The van der Waals surface area contributed by atoms with Crippen molar-refractivity contribution in [3.8, 4) is 10.6 Å². The number of carbonyl (C=O) groups excluding carboxylic acids is 2. The number of nitrogens with one attached hydrogen (secondary N) is 2. The van der Waals surface area contributed by atoms with Gasteiger partial charge in [-0.1, -0.05) is 20.8 Å². The summed E-state index contributed by atoms with van der Waals surface area (Å²) in [5.74, 6) is 2.67. The Morgan fingerprint density at radius 2 is 1.81 bits per heavy atom. The predicted octanol–water partition coefficient (Wildman–Crippen LogP) is 6.64. The molecule has 0 spiro atoms. The van der Waals surface area contributed by atoms with Crippen molar-refractivity contribution < 1.29 is 9.59 Å². The van der Waals surface area contributed by atoms with E-state index in [0.717, 1.165) is 27.5 Å². The summed E-state index contributed by atoms with van der Waals surface area (Å²) < 4.78 is 0. The van der Waals surface area contributed by atoms with Crippen LogP contribution in [0.5, 0.6) is 0 Å². The molecular weight excluding hydrogens is 468 g/mol. The van der Waals surface area contributed by atoms with Gasteiger partial charge in [0.1, 0.15) is 5.52 Å². The standard InChI is InChI=1S/C29H36N4O2S/c1-16(28(2,3)4)32-27(35)20-14-30-26-25(20)33-21(15-31-26)23-5-6-24(36-23)22(34)13-29-10-17-7-18(11-29)9-19(8-17)12-29/h5-6,14-19H,7-13H2,1-4H3,(H,30,31)(H,32,35)/t16-,17?,18?,19?,29?/m0/s1. The van der Waals surface area contributed by atoms with Crippen LogP contribution in [0.15, 0.2) is 24.5 Å². The number of aromatic nitrogens is 3. The number of carbonyl (C=O) groups is 2. The lowest BCUT2D eigenvalue weighted by molar-refractivity contribution is -0.0523. The summed E-state index contributed by atoms with van der Waals surface area (Å²) in [7, 11) is 0. The molecule has 7 rings (SSSR count). The summed E-state index contributed by atoms with van der Waals surface area (Å²) in [6, 6.07) is 3.93. The molecule has 4 fully saturated rings. The van der Waals surface area contributed by atoms with Gasteiger partial charge in [-0.15, -0.1) is 11.3 Å². The molecule has 7 heteroatoms. The van der Waals surface area contributed by atoms with E-state index in [1.54, 1.807) is 12.4 Å². The summed E-state index contributed by atoms with van der Waals surface area (Å²) in [5.41, 5.74) is 2.52. The van der Waals surface area contributed by atoms with Gasteiger partial charge in [0.25, 0.3) is 5.91 Å². The number of hydrogen-bond acceptors (Lipinski definition) is 5. The number of H-pyrrole nitrogens is 1. The lowest BCUT2D eigenvalue weighted by Crippen LogP contribution is -2.46. The second-order valence-electron chi connectivity index (χ2n) is 12.9. The second-order valence-corrected chi connectivity index (χ2v) is 14.0. The van der Waals surface area contributed by atoms with Crippen LogP contribution in [0.3, 0.4) is 0 Å². The van der Waals surface area contributed by atoms with E-state index in [0.29, 0.717) is 28.8 Å². The molecule has 1 amide bonds. The molecular formula is C29H36N4O2S. The largest absolute Gasteiger partial charge is 0.349 e. The van der Waals surface area contributed by atoms with Crippen LogP contribution in [0.2, 0.25) is 0 Å². The van der Waals surface area contributed by atoms with Gasteiger partial charge >= 0.3 is 0 Å². The van der Waals surface area contributed by atoms with Crippen molar-refractivity contribution >= 4 is 34.2 Å². The normalized spacial score (nSPS) is 27.9. The van der Waals surface area contributed by atoms with E-state index in [2.05, 4.69) is 36.1 Å². The fourth-order valence-corrected chi connectivity index (χ4v) is 8.13. The van der Waals surface area contributed by atoms with E-state index >= 15 is 0 Å². The molecule has 36 heavy (non-hydrogen) atoms. The maximum absolute atomic E-state index is 13.4. The van der Waals surface area contributed by atoms with Gasteiger partial charge in [0, 0.05) is 18.7 Å². The summed E-state index contributed by atoms with van der Waals surface area (Å²) in [6.07, 6.45) is 12.0. The summed E-state index contributed by atoms with van der Waals surface area (Å²) in [5, 5.41) is 3.09. The van der Waals surface area contributed by atoms with E-state index in [-0.39, 0.29) is 28.6 Å². The molecule has 4 aliphatic rings. The van der Waals surface area contributed by atoms with Crippen LogP contribution in [0.4, 0.5) is 0 Å². The van der Waals surface area contributed by atoms with Gasteiger partial charge in [0.2, 0.25) is 0 Å². The monoisotopic (exact) mass is 504 g/mol. The van der Waals surface area contributed by atoms with E-state index in [9.17, 15) is 9.59 Å². The third kappa shape index (κ3) is 4.29. The second kappa shape index (κ2) is 8.51. The molecule has 0 unspecified atom stereocenters. The van der Waals surface area contributed by atoms with Gasteiger partial charge in [-0.25, -0.2) is 9.97 Å². The Balaban J connectivity index is 1.21. The van der Waals surface area contributed by atoms with Crippen LogP contribution in [0.1, 0.15) is 92.7 Å². The minimum absolute atomic E-state index is 0.00549. The zero-order valence-corrected chi connectivity index (χ0v) is 22.5. The number of thiophene rings is 1. The fraction of sp³-hybridized carbons (Fsp3) is 0.586. The maximum atomic E-state index is 13.4. The first-order valence-corrected chi connectivity index (χ1v) is 14.2. The Morgan fingerprint density at radius 1 is 1.14 bits per heavy atom. The Labute approximate surface area is 216 Å². The Morgan fingerprint density at radius 3 is 2.44 bits per heavy atom. The molecule has 4 bridgehead atoms. The highest BCUT2D eigenvalue weighted by molar-refractivity contribution is 7.17. The molecule has 3 aromatic rings. The number of hydrogen-bond donors (Lipinski definition) is 2. The Bertz CT molecular complexity index is 1300. The van der Waals surface area contributed by atoms with Crippen LogP contribution in [-0.2, 0) is 0 Å². The predicted molar refractivity (Wildman–Crippen MR) is 143 cm³/mol. The zero-order valence-electron chi connectivity index (χ0n) is 21.7. The van der Waals surface area contributed by atoms with E-state index in [1.807, 2.05) is 19.1 Å². The number of amides is 1. The third-order valence-corrected chi connectivity index (χ3v) is 10.3. The smallest absolute Gasteiger partial charge is 0.255 e. The molecule has 4 saturated carbocycles. The number of Topliss-reactive ketones (excluding diaryl/α,β-unsaturated/α-hetero) is 1. The number of ketones is 1. The molecule has 4 aliphatic carbocycles. The topological polar surface area (TPSA) is 87.7 Å². The highest BCUT2D eigenvalue weighted by Crippen LogP contribution is 2.61. The summed E-state index contributed by atoms with van der Waals surface area (Å²) in [6.45, 7) is 8.31. The molecule has 0 radical (unpaired) electrons. The van der Waals surface area contributed by atoms with Crippen LogP contribution in [0.25, 0.3) is 21.7 Å². The van der Waals surface area contributed by atoms with Crippen molar-refractivity contribution in [3.05, 3.63) is 35.0 Å². The van der Waals surface area contributed by atoms with Gasteiger partial charge in [-0.3, -0.25) is 9.59 Å². The first-order valence-electron chi connectivity index (χ1n) is 13.4. The highest BCUT2D eigenvalue weighted by Gasteiger charge is 2.51. The van der Waals surface area contributed by atoms with Crippen molar-refractivity contribution in [2.75, 3.05) is 0 Å². The van der Waals surface area contributed by atoms with Crippen LogP contribution >= 0.6 is 11.3 Å². The van der Waals surface area contributed by atoms with E-state index in [1.165, 1.54) is 49.9 Å². The molecule has 3 heterocycles. The van der Waals surface area contributed by atoms with Crippen molar-refractivity contribution in [3.63, 3.8) is 0 Å². The zero-order chi connectivity index (χ0) is 25.2. The lowest BCUT2D eigenvalue weighted by atomic mass is 9.48. The average Bonchev–Trinajstić information content (AvgIpc) is 3.44. The minimum atomic E-state index is -0.159. The molecule has 0 aromatic carbocycles. The van der Waals surface area contributed by atoms with Gasteiger partial charge in [0.15, 0.2) is 11.4 Å². The quantitative estimate of drug-likeness (QED) is 0.368.